The van der Waals surface area contributed by atoms with Crippen LogP contribution in [0.2, 0.25) is 56.4 Å². The number of ether oxygens (including phenoxy) is 4. The van der Waals surface area contributed by atoms with Crippen molar-refractivity contribution in [2.75, 3.05) is 50.5 Å². The molecule has 0 saturated carbocycles. The minimum absolute atomic E-state index is 0.0624. The molecule has 0 bridgehead atoms. The zero-order chi connectivity index (χ0) is 33.1. The SMILES string of the molecule is C[Si](C)(C)CCOCOc1ccc(C(O)CNC(=O)COc2ccc(Br)c(Cl)c2)cc1N(COCC[Si](C)(C)C)S(C)(=O)=O. The van der Waals surface area contributed by atoms with Gasteiger partial charge in [-0.1, -0.05) is 56.9 Å². The van der Waals surface area contributed by atoms with E-state index in [1.807, 2.05) is 0 Å². The van der Waals surface area contributed by atoms with E-state index in [1.54, 1.807) is 30.3 Å². The highest BCUT2D eigenvalue weighted by atomic mass is 79.9. The summed E-state index contributed by atoms with van der Waals surface area (Å²) >= 11 is 9.36. The van der Waals surface area contributed by atoms with Gasteiger partial charge < -0.3 is 29.4 Å². The smallest absolute Gasteiger partial charge is 0.258 e. The lowest BCUT2D eigenvalue weighted by atomic mass is 10.1. The second kappa shape index (κ2) is 17.3. The first kappa shape index (κ1) is 38.5. The highest BCUT2D eigenvalue weighted by Gasteiger charge is 2.24. The lowest BCUT2D eigenvalue weighted by Gasteiger charge is -2.26. The van der Waals surface area contributed by atoms with E-state index in [4.69, 9.17) is 30.5 Å². The summed E-state index contributed by atoms with van der Waals surface area (Å²) in [7, 11) is -6.48. The average Bonchev–Trinajstić information content (AvgIpc) is 2.90. The molecule has 2 rings (SSSR count). The van der Waals surface area contributed by atoms with Crippen molar-refractivity contribution in [2.24, 2.45) is 0 Å². The van der Waals surface area contributed by atoms with Crippen LogP contribution in [0, 0.1) is 0 Å². The summed E-state index contributed by atoms with van der Waals surface area (Å²) in [5.41, 5.74) is 0.580. The van der Waals surface area contributed by atoms with E-state index in [2.05, 4.69) is 60.5 Å². The summed E-state index contributed by atoms with van der Waals surface area (Å²) in [6.45, 7) is 13.7. The number of benzene rings is 2. The first-order chi connectivity index (χ1) is 20.4. The largest absolute Gasteiger partial charge is 0.484 e. The van der Waals surface area contributed by atoms with E-state index in [0.717, 1.165) is 22.6 Å². The van der Waals surface area contributed by atoms with Gasteiger partial charge in [-0.2, -0.15) is 0 Å². The van der Waals surface area contributed by atoms with Gasteiger partial charge in [-0.3, -0.25) is 4.79 Å². The molecule has 1 atom stereocenters. The number of hydrogen-bond donors (Lipinski definition) is 2. The number of carbonyl (C=O) groups excluding carboxylic acids is 1. The van der Waals surface area contributed by atoms with Crippen LogP contribution in [-0.2, 0) is 24.3 Å². The summed E-state index contributed by atoms with van der Waals surface area (Å²) in [6.07, 6.45) is -0.0542. The van der Waals surface area contributed by atoms with Crippen LogP contribution in [0.15, 0.2) is 40.9 Å². The summed E-state index contributed by atoms with van der Waals surface area (Å²) < 4.78 is 50.5. The van der Waals surface area contributed by atoms with Crippen molar-refractivity contribution in [3.8, 4) is 11.5 Å². The first-order valence-electron chi connectivity index (χ1n) is 14.3. The minimum Gasteiger partial charge on any atom is -0.484 e. The summed E-state index contributed by atoms with van der Waals surface area (Å²) in [5.74, 6) is 0.234. The minimum atomic E-state index is -3.79. The Labute approximate surface area is 277 Å². The molecule has 15 heteroatoms. The molecule has 0 saturated heterocycles. The quantitative estimate of drug-likeness (QED) is 0.100. The van der Waals surface area contributed by atoms with E-state index >= 15 is 0 Å². The number of halogens is 2. The second-order valence-electron chi connectivity index (χ2n) is 12.9. The standard InChI is InChI=1S/C29H46BrClN2O8SSi2/c1-42(36,37)33(20-38-12-14-43(2,3)4)26-16-22(8-11-28(26)41-21-39-13-15-44(5,6)7)27(34)18-32-29(35)19-40-23-9-10-24(30)25(31)17-23/h8-11,16-17,27,34H,12-15,18-21H2,1-7H3,(H,32,35). The summed E-state index contributed by atoms with van der Waals surface area (Å²) in [4.78, 5) is 12.4. The van der Waals surface area contributed by atoms with E-state index < -0.39 is 38.2 Å². The Morgan fingerprint density at radius 3 is 2.23 bits per heavy atom. The molecule has 0 aromatic heterocycles. The van der Waals surface area contributed by atoms with Gasteiger partial charge in [0.15, 0.2) is 13.4 Å². The molecule has 0 heterocycles. The van der Waals surface area contributed by atoms with Gasteiger partial charge in [-0.05, 0) is 63.9 Å². The average molecular weight is 754 g/mol. The zero-order valence-corrected chi connectivity index (χ0v) is 31.8. The van der Waals surface area contributed by atoms with Crippen LogP contribution < -0.4 is 19.1 Å². The van der Waals surface area contributed by atoms with Gasteiger partial charge >= 0.3 is 0 Å². The Morgan fingerprint density at radius 2 is 1.64 bits per heavy atom. The lowest BCUT2D eigenvalue weighted by molar-refractivity contribution is -0.123. The third-order valence-electron chi connectivity index (χ3n) is 6.29. The van der Waals surface area contributed by atoms with Gasteiger partial charge in [0.25, 0.3) is 5.91 Å². The number of aliphatic hydroxyl groups is 1. The maximum Gasteiger partial charge on any atom is 0.258 e. The highest BCUT2D eigenvalue weighted by molar-refractivity contribution is 9.10. The van der Waals surface area contributed by atoms with Crippen LogP contribution in [-0.4, -0.2) is 81.7 Å². The molecular weight excluding hydrogens is 708 g/mol. The van der Waals surface area contributed by atoms with Crippen LogP contribution in [0.1, 0.15) is 11.7 Å². The third-order valence-corrected chi connectivity index (χ3v) is 12.0. The Balaban J connectivity index is 2.16. The predicted octanol–water partition coefficient (Wildman–Crippen LogP) is 6.10. The molecule has 44 heavy (non-hydrogen) atoms. The van der Waals surface area contributed by atoms with Crippen molar-refractivity contribution in [2.45, 2.75) is 57.5 Å². The van der Waals surface area contributed by atoms with Crippen molar-refractivity contribution < 1.29 is 37.3 Å². The van der Waals surface area contributed by atoms with E-state index in [9.17, 15) is 18.3 Å². The highest BCUT2D eigenvalue weighted by Crippen LogP contribution is 2.33. The number of hydrogen-bond acceptors (Lipinski definition) is 8. The molecule has 0 radical (unpaired) electrons. The fraction of sp³-hybridized carbons (Fsp3) is 0.552. The van der Waals surface area contributed by atoms with Crippen molar-refractivity contribution in [1.82, 2.24) is 5.32 Å². The first-order valence-corrected chi connectivity index (χ1v) is 24.7. The second-order valence-corrected chi connectivity index (χ2v) is 27.3. The molecule has 2 aromatic rings. The molecule has 0 fully saturated rings. The molecule has 0 aliphatic heterocycles. The number of carbonyl (C=O) groups is 1. The number of aliphatic hydroxyl groups excluding tert-OH is 1. The molecule has 2 aromatic carbocycles. The maximum absolute atomic E-state index is 12.9. The van der Waals surface area contributed by atoms with E-state index in [0.29, 0.717) is 34.0 Å². The van der Waals surface area contributed by atoms with Crippen LogP contribution in [0.3, 0.4) is 0 Å². The third kappa shape index (κ3) is 14.6. The fourth-order valence-corrected chi connectivity index (χ4v) is 6.26. The van der Waals surface area contributed by atoms with Gasteiger partial charge in [0.05, 0.1) is 23.1 Å². The molecule has 248 valence electrons. The van der Waals surface area contributed by atoms with Gasteiger partial charge in [-0.25, -0.2) is 12.7 Å². The molecule has 0 aliphatic carbocycles. The van der Waals surface area contributed by atoms with Crippen LogP contribution in [0.5, 0.6) is 11.5 Å². The number of nitrogens with one attached hydrogen (secondary N) is 1. The number of amides is 1. The molecule has 2 N–H and O–H groups in total. The molecule has 1 unspecified atom stereocenters. The van der Waals surface area contributed by atoms with Crippen LogP contribution >= 0.6 is 27.5 Å². The Hall–Kier alpha value is -1.66. The van der Waals surface area contributed by atoms with E-state index in [1.165, 1.54) is 6.07 Å². The predicted molar refractivity (Wildman–Crippen MR) is 185 cm³/mol. The summed E-state index contributed by atoms with van der Waals surface area (Å²) in [5, 5.41) is 14.0. The van der Waals surface area contributed by atoms with Gasteiger partial charge in [0, 0.05) is 40.4 Å². The fourth-order valence-electron chi connectivity index (χ4n) is 3.57. The maximum atomic E-state index is 12.9. The lowest BCUT2D eigenvalue weighted by Crippen LogP contribution is -2.34. The van der Waals surface area contributed by atoms with Gasteiger partial charge in [0.1, 0.15) is 18.2 Å². The van der Waals surface area contributed by atoms with Crippen molar-refractivity contribution >= 4 is 65.3 Å². The molecule has 10 nitrogen and oxygen atoms in total. The number of rotatable bonds is 19. The number of nitrogens with zero attached hydrogens (tertiary/aromatic N) is 1. The Bertz CT molecular complexity index is 1340. The molecular formula is C29H46BrClN2O8SSi2. The summed E-state index contributed by atoms with van der Waals surface area (Å²) in [6, 6.07) is 11.5. The Kier molecular flexibility index (Phi) is 15.2. The number of sulfonamides is 1. The van der Waals surface area contributed by atoms with Gasteiger partial charge in [-0.15, -0.1) is 0 Å². The monoisotopic (exact) mass is 752 g/mol. The molecule has 0 aliphatic rings. The van der Waals surface area contributed by atoms with Crippen molar-refractivity contribution in [3.63, 3.8) is 0 Å². The molecule has 1 amide bonds. The Morgan fingerprint density at radius 1 is 1.00 bits per heavy atom. The zero-order valence-electron chi connectivity index (χ0n) is 26.6. The normalized spacial score (nSPS) is 13.0. The topological polar surface area (TPSA) is 124 Å². The van der Waals surface area contributed by atoms with E-state index in [-0.39, 0.29) is 38.1 Å². The van der Waals surface area contributed by atoms with Crippen LogP contribution in [0.4, 0.5) is 5.69 Å². The van der Waals surface area contributed by atoms with Crippen molar-refractivity contribution in [3.05, 3.63) is 51.5 Å². The van der Waals surface area contributed by atoms with Gasteiger partial charge in [0.2, 0.25) is 10.0 Å². The van der Waals surface area contributed by atoms with Crippen LogP contribution in [0.25, 0.3) is 0 Å². The number of anilines is 1. The van der Waals surface area contributed by atoms with Crippen molar-refractivity contribution in [1.29, 1.82) is 0 Å². The molecule has 0 spiro atoms.